The molecule has 1 aromatic rings. The summed E-state index contributed by atoms with van der Waals surface area (Å²) in [6, 6.07) is 0. The van der Waals surface area contributed by atoms with Gasteiger partial charge in [0.05, 0.1) is 12.7 Å². The summed E-state index contributed by atoms with van der Waals surface area (Å²) in [5.41, 5.74) is 3.94. The number of hydrogen-bond donors (Lipinski definition) is 4. The van der Waals surface area contributed by atoms with Crippen LogP contribution in [-0.2, 0) is 4.74 Å². The Morgan fingerprint density at radius 1 is 1.56 bits per heavy atom. The predicted octanol–water partition coefficient (Wildman–Crippen LogP) is -1.82. The number of nitrogens with one attached hydrogen (secondary N) is 1. The molecule has 1 unspecified atom stereocenters. The van der Waals surface area contributed by atoms with E-state index in [4.69, 9.17) is 15.6 Å². The highest BCUT2D eigenvalue weighted by molar-refractivity contribution is 5.85. The molecule has 9 heteroatoms. The van der Waals surface area contributed by atoms with Crippen LogP contribution in [0.3, 0.4) is 0 Å². The molecule has 0 bridgehead atoms. The molecule has 0 aromatic carbocycles. The zero-order valence-corrected chi connectivity index (χ0v) is 10.1. The normalized spacial score (nSPS) is 26.9. The number of nitrogen functional groups attached to an aromatic ring is 1. The quantitative estimate of drug-likeness (QED) is 0.504. The standard InChI is InChI=1S/C9H13N3O5.ClH/c10-4-2-12(9(16)11-8(4)15)7-1-5(14)6(3-13)17-7;/h2,5-7,13-14H,1,3,10H2,(H,11,15,16);1H/t5?,6-,7-;/m0./s1. The van der Waals surface area contributed by atoms with Crippen molar-refractivity contribution in [3.05, 3.63) is 27.0 Å². The second-order valence-corrected chi connectivity index (χ2v) is 3.87. The van der Waals surface area contributed by atoms with Gasteiger partial charge in [0.15, 0.2) is 0 Å². The van der Waals surface area contributed by atoms with Gasteiger partial charge in [-0.2, -0.15) is 0 Å². The highest BCUT2D eigenvalue weighted by Crippen LogP contribution is 2.27. The summed E-state index contributed by atoms with van der Waals surface area (Å²) in [5.74, 6) is 0. The predicted molar refractivity (Wildman–Crippen MR) is 64.6 cm³/mol. The van der Waals surface area contributed by atoms with Gasteiger partial charge in [-0.15, -0.1) is 12.4 Å². The molecular formula is C9H14ClN3O5. The van der Waals surface area contributed by atoms with E-state index in [2.05, 4.69) is 0 Å². The van der Waals surface area contributed by atoms with Crippen LogP contribution in [0.15, 0.2) is 15.8 Å². The molecule has 1 aromatic heterocycles. The minimum Gasteiger partial charge on any atom is -0.394 e. The number of anilines is 1. The summed E-state index contributed by atoms with van der Waals surface area (Å²) >= 11 is 0. The first kappa shape index (κ1) is 14.7. The van der Waals surface area contributed by atoms with Crippen molar-refractivity contribution in [2.75, 3.05) is 12.3 Å². The van der Waals surface area contributed by atoms with E-state index in [1.807, 2.05) is 4.98 Å². The van der Waals surface area contributed by atoms with E-state index in [9.17, 15) is 14.7 Å². The first-order chi connectivity index (χ1) is 8.02. The van der Waals surface area contributed by atoms with Crippen molar-refractivity contribution < 1.29 is 14.9 Å². The SMILES string of the molecule is Cl.Nc1cn([C@@H]2CC(O)[C@H](CO)O2)c(=O)[nH]c1=O. The van der Waals surface area contributed by atoms with Gasteiger partial charge in [-0.3, -0.25) is 14.3 Å². The number of ether oxygens (including phenoxy) is 1. The first-order valence-corrected chi connectivity index (χ1v) is 5.08. The highest BCUT2D eigenvalue weighted by atomic mass is 35.5. The van der Waals surface area contributed by atoms with Gasteiger partial charge in [0, 0.05) is 12.6 Å². The minimum absolute atomic E-state index is 0. The van der Waals surface area contributed by atoms with Gasteiger partial charge in [-0.05, 0) is 0 Å². The van der Waals surface area contributed by atoms with Gasteiger partial charge >= 0.3 is 5.69 Å². The molecule has 0 radical (unpaired) electrons. The zero-order valence-electron chi connectivity index (χ0n) is 9.28. The monoisotopic (exact) mass is 279 g/mol. The van der Waals surface area contributed by atoms with Gasteiger partial charge in [0.2, 0.25) is 0 Å². The summed E-state index contributed by atoms with van der Waals surface area (Å²) in [6.07, 6.45) is -1.02. The number of nitrogens with two attached hydrogens (primary N) is 1. The Hall–Kier alpha value is -1.35. The van der Waals surface area contributed by atoms with E-state index in [1.54, 1.807) is 0 Å². The van der Waals surface area contributed by atoms with Crippen molar-refractivity contribution in [1.82, 2.24) is 9.55 Å². The van der Waals surface area contributed by atoms with Crippen LogP contribution >= 0.6 is 12.4 Å². The Labute approximate surface area is 107 Å². The van der Waals surface area contributed by atoms with Gasteiger partial charge in [0.25, 0.3) is 5.56 Å². The van der Waals surface area contributed by atoms with Gasteiger partial charge in [-0.25, -0.2) is 4.79 Å². The number of nitrogens with zero attached hydrogens (tertiary/aromatic N) is 1. The van der Waals surface area contributed by atoms with E-state index >= 15 is 0 Å². The summed E-state index contributed by atoms with van der Waals surface area (Å²) in [6.45, 7) is -0.342. The van der Waals surface area contributed by atoms with Crippen molar-refractivity contribution in [3.63, 3.8) is 0 Å². The highest BCUT2D eigenvalue weighted by Gasteiger charge is 2.34. The maximum Gasteiger partial charge on any atom is 0.330 e. The van der Waals surface area contributed by atoms with Gasteiger partial charge < -0.3 is 20.7 Å². The molecule has 3 atom stereocenters. The fraction of sp³-hybridized carbons (Fsp3) is 0.556. The van der Waals surface area contributed by atoms with Crippen LogP contribution in [0, 0.1) is 0 Å². The van der Waals surface area contributed by atoms with E-state index in [0.717, 1.165) is 10.8 Å². The van der Waals surface area contributed by atoms with E-state index < -0.39 is 29.7 Å². The Bertz CT molecular complexity index is 528. The van der Waals surface area contributed by atoms with Crippen LogP contribution in [-0.4, -0.2) is 38.6 Å². The molecular weight excluding hydrogens is 266 g/mol. The smallest absolute Gasteiger partial charge is 0.330 e. The number of rotatable bonds is 2. The average Bonchev–Trinajstić information content (AvgIpc) is 2.65. The Morgan fingerprint density at radius 2 is 2.22 bits per heavy atom. The van der Waals surface area contributed by atoms with Gasteiger partial charge in [-0.1, -0.05) is 0 Å². The van der Waals surface area contributed by atoms with Crippen molar-refractivity contribution >= 4 is 18.1 Å². The molecule has 1 aliphatic heterocycles. The third-order valence-corrected chi connectivity index (χ3v) is 2.69. The number of aromatic amines is 1. The molecule has 1 aliphatic rings. The third kappa shape index (κ3) is 2.56. The molecule has 1 saturated heterocycles. The number of aliphatic hydroxyl groups is 2. The summed E-state index contributed by atoms with van der Waals surface area (Å²) in [4.78, 5) is 24.6. The molecule has 0 spiro atoms. The first-order valence-electron chi connectivity index (χ1n) is 5.08. The molecule has 2 rings (SSSR count). The lowest BCUT2D eigenvalue weighted by molar-refractivity contribution is -0.0458. The molecule has 5 N–H and O–H groups in total. The second-order valence-electron chi connectivity index (χ2n) is 3.87. The zero-order chi connectivity index (χ0) is 12.6. The maximum absolute atomic E-state index is 11.5. The van der Waals surface area contributed by atoms with Crippen LogP contribution < -0.4 is 17.0 Å². The Morgan fingerprint density at radius 3 is 2.78 bits per heavy atom. The fourth-order valence-electron chi connectivity index (χ4n) is 1.77. The maximum atomic E-state index is 11.5. The summed E-state index contributed by atoms with van der Waals surface area (Å²) in [7, 11) is 0. The number of hydrogen-bond acceptors (Lipinski definition) is 6. The fourth-order valence-corrected chi connectivity index (χ4v) is 1.77. The molecule has 102 valence electrons. The Kier molecular flexibility index (Phi) is 4.52. The van der Waals surface area contributed by atoms with E-state index in [1.165, 1.54) is 0 Å². The number of halogens is 1. The summed E-state index contributed by atoms with van der Waals surface area (Å²) in [5, 5.41) is 18.4. The number of aromatic nitrogens is 2. The molecule has 0 saturated carbocycles. The van der Waals surface area contributed by atoms with Crippen LogP contribution in [0.4, 0.5) is 5.69 Å². The second kappa shape index (κ2) is 5.53. The third-order valence-electron chi connectivity index (χ3n) is 2.69. The van der Waals surface area contributed by atoms with Crippen molar-refractivity contribution in [1.29, 1.82) is 0 Å². The average molecular weight is 280 g/mol. The molecule has 8 nitrogen and oxygen atoms in total. The minimum atomic E-state index is -0.856. The van der Waals surface area contributed by atoms with Crippen molar-refractivity contribution in [2.24, 2.45) is 0 Å². The van der Waals surface area contributed by atoms with Gasteiger partial charge in [0.1, 0.15) is 18.0 Å². The van der Waals surface area contributed by atoms with Crippen molar-refractivity contribution in [2.45, 2.75) is 24.9 Å². The lowest BCUT2D eigenvalue weighted by atomic mass is 10.2. The van der Waals surface area contributed by atoms with Crippen LogP contribution in [0.25, 0.3) is 0 Å². The Balaban J connectivity index is 0.00000162. The van der Waals surface area contributed by atoms with E-state index in [0.29, 0.717) is 0 Å². The van der Waals surface area contributed by atoms with E-state index in [-0.39, 0.29) is 31.1 Å². The largest absolute Gasteiger partial charge is 0.394 e. The lowest BCUT2D eigenvalue weighted by Gasteiger charge is -2.14. The molecule has 0 aliphatic carbocycles. The number of aliphatic hydroxyl groups excluding tert-OH is 2. The van der Waals surface area contributed by atoms with Crippen LogP contribution in [0.5, 0.6) is 0 Å². The van der Waals surface area contributed by atoms with Crippen LogP contribution in [0.2, 0.25) is 0 Å². The molecule has 1 fully saturated rings. The number of H-pyrrole nitrogens is 1. The topological polar surface area (TPSA) is 131 Å². The molecule has 2 heterocycles. The van der Waals surface area contributed by atoms with Crippen LogP contribution in [0.1, 0.15) is 12.6 Å². The molecule has 0 amide bonds. The summed E-state index contributed by atoms with van der Waals surface area (Å²) < 4.78 is 6.36. The van der Waals surface area contributed by atoms with Crippen molar-refractivity contribution in [3.8, 4) is 0 Å². The lowest BCUT2D eigenvalue weighted by Crippen LogP contribution is -2.33. The molecule has 18 heavy (non-hydrogen) atoms.